The lowest BCUT2D eigenvalue weighted by Gasteiger charge is -2.43. The molecule has 0 bridgehead atoms. The summed E-state index contributed by atoms with van der Waals surface area (Å²) in [6, 6.07) is 7.75. The van der Waals surface area contributed by atoms with E-state index in [1.807, 2.05) is 6.07 Å². The summed E-state index contributed by atoms with van der Waals surface area (Å²) in [5.74, 6) is 1.78. The van der Waals surface area contributed by atoms with Crippen molar-refractivity contribution >= 4 is 0 Å². The summed E-state index contributed by atoms with van der Waals surface area (Å²) in [7, 11) is 0. The molecule has 0 spiro atoms. The van der Waals surface area contributed by atoms with Crippen LogP contribution in [0.3, 0.4) is 0 Å². The Morgan fingerprint density at radius 1 is 1.15 bits per heavy atom. The average molecular weight is 274 g/mol. The van der Waals surface area contributed by atoms with Gasteiger partial charge < -0.3 is 9.47 Å². The van der Waals surface area contributed by atoms with Crippen LogP contribution in [0.5, 0.6) is 11.5 Å². The van der Waals surface area contributed by atoms with Crippen LogP contribution in [0.25, 0.3) is 0 Å². The van der Waals surface area contributed by atoms with E-state index in [1.165, 1.54) is 38.0 Å². The number of nitrogens with zero attached hydrogens (tertiary/aromatic N) is 2. The molecule has 4 heteroatoms. The zero-order valence-electron chi connectivity index (χ0n) is 12.0. The van der Waals surface area contributed by atoms with E-state index in [2.05, 4.69) is 28.9 Å². The third-order valence-electron chi connectivity index (χ3n) is 5.04. The van der Waals surface area contributed by atoms with Crippen LogP contribution < -0.4 is 9.47 Å². The fourth-order valence-electron chi connectivity index (χ4n) is 3.88. The molecule has 3 heterocycles. The molecule has 0 amide bonds. The topological polar surface area (TPSA) is 24.9 Å². The van der Waals surface area contributed by atoms with Crippen molar-refractivity contribution in [2.45, 2.75) is 38.4 Å². The standard InChI is InChI=1S/C16H22N2O2/c1-12-14-3-2-6-17(14)7-8-18(12)10-13-4-5-15-16(9-13)20-11-19-15/h4-5,9,12,14H,2-3,6-8,10-11H2,1H3/t12-,14+/m0/s1. The third-order valence-corrected chi connectivity index (χ3v) is 5.04. The SMILES string of the molecule is C[C@H]1[C@H]2CCCN2CCN1Cc1ccc2c(c1)OCO2. The molecule has 0 radical (unpaired) electrons. The van der Waals surface area contributed by atoms with Gasteiger partial charge in [0, 0.05) is 31.7 Å². The Morgan fingerprint density at radius 2 is 2.05 bits per heavy atom. The fraction of sp³-hybridized carbons (Fsp3) is 0.625. The van der Waals surface area contributed by atoms with E-state index < -0.39 is 0 Å². The quantitative estimate of drug-likeness (QED) is 0.824. The Kier molecular flexibility index (Phi) is 3.08. The normalized spacial score (nSPS) is 29.6. The second-order valence-electron chi connectivity index (χ2n) is 6.14. The minimum absolute atomic E-state index is 0.357. The van der Waals surface area contributed by atoms with Gasteiger partial charge in [-0.15, -0.1) is 0 Å². The summed E-state index contributed by atoms with van der Waals surface area (Å²) in [5, 5.41) is 0. The van der Waals surface area contributed by atoms with Crippen molar-refractivity contribution in [3.05, 3.63) is 23.8 Å². The zero-order chi connectivity index (χ0) is 13.5. The smallest absolute Gasteiger partial charge is 0.231 e. The zero-order valence-corrected chi connectivity index (χ0v) is 12.0. The number of rotatable bonds is 2. The van der Waals surface area contributed by atoms with E-state index in [0.717, 1.165) is 24.1 Å². The molecule has 4 rings (SSSR count). The van der Waals surface area contributed by atoms with Crippen molar-refractivity contribution in [1.82, 2.24) is 9.80 Å². The largest absolute Gasteiger partial charge is 0.454 e. The van der Waals surface area contributed by atoms with Crippen molar-refractivity contribution in [3.8, 4) is 11.5 Å². The summed E-state index contributed by atoms with van der Waals surface area (Å²) in [6.45, 7) is 7.45. The number of ether oxygens (including phenoxy) is 2. The van der Waals surface area contributed by atoms with Crippen LogP contribution in [-0.2, 0) is 6.54 Å². The molecule has 0 aromatic heterocycles. The van der Waals surface area contributed by atoms with Crippen LogP contribution in [0.15, 0.2) is 18.2 Å². The number of hydrogen-bond donors (Lipinski definition) is 0. The lowest BCUT2D eigenvalue weighted by Crippen LogP contribution is -2.55. The Morgan fingerprint density at radius 3 is 3.00 bits per heavy atom. The molecule has 4 nitrogen and oxygen atoms in total. The number of piperazine rings is 1. The maximum Gasteiger partial charge on any atom is 0.231 e. The average Bonchev–Trinajstić information content (AvgIpc) is 3.10. The summed E-state index contributed by atoms with van der Waals surface area (Å²) in [4.78, 5) is 5.28. The molecule has 3 aliphatic rings. The molecule has 0 aliphatic carbocycles. The van der Waals surface area contributed by atoms with Crippen molar-refractivity contribution in [2.24, 2.45) is 0 Å². The number of fused-ring (bicyclic) bond motifs is 2. The first-order valence-electron chi connectivity index (χ1n) is 7.68. The number of benzene rings is 1. The van der Waals surface area contributed by atoms with E-state index >= 15 is 0 Å². The molecule has 0 unspecified atom stereocenters. The molecule has 0 saturated carbocycles. The first-order valence-corrected chi connectivity index (χ1v) is 7.68. The molecule has 108 valence electrons. The highest BCUT2D eigenvalue weighted by atomic mass is 16.7. The molecular weight excluding hydrogens is 252 g/mol. The van der Waals surface area contributed by atoms with E-state index in [-0.39, 0.29) is 0 Å². The van der Waals surface area contributed by atoms with Crippen LogP contribution in [0.1, 0.15) is 25.3 Å². The number of hydrogen-bond acceptors (Lipinski definition) is 4. The van der Waals surface area contributed by atoms with Crippen molar-refractivity contribution in [1.29, 1.82) is 0 Å². The van der Waals surface area contributed by atoms with E-state index in [9.17, 15) is 0 Å². The first-order chi connectivity index (χ1) is 9.81. The van der Waals surface area contributed by atoms with Gasteiger partial charge in [-0.2, -0.15) is 0 Å². The third kappa shape index (κ3) is 2.07. The first kappa shape index (κ1) is 12.5. The molecular formula is C16H22N2O2. The van der Waals surface area contributed by atoms with Gasteiger partial charge in [-0.3, -0.25) is 9.80 Å². The highest BCUT2D eigenvalue weighted by molar-refractivity contribution is 5.44. The Labute approximate surface area is 120 Å². The lowest BCUT2D eigenvalue weighted by atomic mass is 10.0. The second kappa shape index (κ2) is 4.93. The molecule has 2 saturated heterocycles. The maximum atomic E-state index is 5.48. The van der Waals surface area contributed by atoms with Gasteiger partial charge in [-0.1, -0.05) is 6.07 Å². The summed E-state index contributed by atoms with van der Waals surface area (Å²) in [6.07, 6.45) is 2.73. The lowest BCUT2D eigenvalue weighted by molar-refractivity contribution is 0.0470. The van der Waals surface area contributed by atoms with Crippen molar-refractivity contribution in [2.75, 3.05) is 26.4 Å². The Hall–Kier alpha value is -1.26. The summed E-state index contributed by atoms with van der Waals surface area (Å²) < 4.78 is 10.9. The maximum absolute atomic E-state index is 5.48. The predicted octanol–water partition coefficient (Wildman–Crippen LogP) is 2.08. The van der Waals surface area contributed by atoms with Gasteiger partial charge in [0.15, 0.2) is 11.5 Å². The minimum atomic E-state index is 0.357. The van der Waals surface area contributed by atoms with Gasteiger partial charge in [-0.25, -0.2) is 0 Å². The minimum Gasteiger partial charge on any atom is -0.454 e. The monoisotopic (exact) mass is 274 g/mol. The van der Waals surface area contributed by atoms with Crippen LogP contribution in [0.4, 0.5) is 0 Å². The Balaban J connectivity index is 1.48. The van der Waals surface area contributed by atoms with E-state index in [1.54, 1.807) is 0 Å². The van der Waals surface area contributed by atoms with E-state index in [4.69, 9.17) is 9.47 Å². The summed E-state index contributed by atoms with van der Waals surface area (Å²) >= 11 is 0. The predicted molar refractivity (Wildman–Crippen MR) is 77.0 cm³/mol. The van der Waals surface area contributed by atoms with Gasteiger partial charge in [0.1, 0.15) is 0 Å². The Bertz CT molecular complexity index is 505. The molecule has 1 aromatic carbocycles. The van der Waals surface area contributed by atoms with Gasteiger partial charge in [0.25, 0.3) is 0 Å². The molecule has 1 aromatic rings. The molecule has 2 fully saturated rings. The highest BCUT2D eigenvalue weighted by Crippen LogP contribution is 2.34. The second-order valence-corrected chi connectivity index (χ2v) is 6.14. The van der Waals surface area contributed by atoms with Crippen LogP contribution >= 0.6 is 0 Å². The van der Waals surface area contributed by atoms with Gasteiger partial charge in [0.2, 0.25) is 6.79 Å². The van der Waals surface area contributed by atoms with Crippen LogP contribution in [-0.4, -0.2) is 48.3 Å². The van der Waals surface area contributed by atoms with Gasteiger partial charge in [-0.05, 0) is 44.0 Å². The molecule has 20 heavy (non-hydrogen) atoms. The van der Waals surface area contributed by atoms with Crippen molar-refractivity contribution in [3.63, 3.8) is 0 Å². The van der Waals surface area contributed by atoms with Gasteiger partial charge in [0.05, 0.1) is 0 Å². The summed E-state index contributed by atoms with van der Waals surface area (Å²) in [5.41, 5.74) is 1.33. The van der Waals surface area contributed by atoms with Crippen molar-refractivity contribution < 1.29 is 9.47 Å². The van der Waals surface area contributed by atoms with Crippen LogP contribution in [0, 0.1) is 0 Å². The van der Waals surface area contributed by atoms with Crippen LogP contribution in [0.2, 0.25) is 0 Å². The highest BCUT2D eigenvalue weighted by Gasteiger charge is 2.36. The van der Waals surface area contributed by atoms with E-state index in [0.29, 0.717) is 12.8 Å². The fourth-order valence-corrected chi connectivity index (χ4v) is 3.88. The molecule has 3 aliphatic heterocycles. The molecule has 0 N–H and O–H groups in total. The molecule has 2 atom stereocenters. The van der Waals surface area contributed by atoms with Gasteiger partial charge >= 0.3 is 0 Å².